The molecule has 1 aliphatic rings. The number of hydrogen-bond acceptors (Lipinski definition) is 6. The number of anilines is 1. The van der Waals surface area contributed by atoms with E-state index in [-0.39, 0.29) is 11.7 Å². The number of imidazole rings is 1. The Kier molecular flexibility index (Phi) is 3.52. The van der Waals surface area contributed by atoms with E-state index >= 15 is 0 Å². The van der Waals surface area contributed by atoms with Gasteiger partial charge in [0.1, 0.15) is 16.7 Å². The lowest BCUT2D eigenvalue weighted by atomic mass is 10.2. The zero-order valence-electron chi connectivity index (χ0n) is 12.4. The van der Waals surface area contributed by atoms with Gasteiger partial charge in [-0.25, -0.2) is 9.97 Å². The summed E-state index contributed by atoms with van der Waals surface area (Å²) in [6.45, 7) is 0.230. The summed E-state index contributed by atoms with van der Waals surface area (Å²) in [6.07, 6.45) is 1.65. The van der Waals surface area contributed by atoms with Gasteiger partial charge in [-0.15, -0.1) is 0 Å². The fourth-order valence-corrected chi connectivity index (χ4v) is 3.50. The number of rotatable bonds is 2. The zero-order chi connectivity index (χ0) is 16.5. The molecule has 0 amide bonds. The van der Waals surface area contributed by atoms with Crippen molar-refractivity contribution in [3.05, 3.63) is 59.5 Å². The standard InChI is InChI=1S/C17H11N5OS/c18-9-12(15-20-13-7-4-8-19-16(13)21-15)17-22(10-14(23)24-17)11-5-2-1-3-6-11/h1-8H,10H2,(H,19,20,21). The number of pyridine rings is 1. The first-order valence-corrected chi connectivity index (χ1v) is 8.06. The number of carbonyl (C=O) groups is 1. The van der Waals surface area contributed by atoms with E-state index in [2.05, 4.69) is 21.0 Å². The summed E-state index contributed by atoms with van der Waals surface area (Å²) in [5, 5.41) is 10.3. The number of aromatic nitrogens is 3. The highest BCUT2D eigenvalue weighted by Gasteiger charge is 2.31. The summed E-state index contributed by atoms with van der Waals surface area (Å²) in [5.74, 6) is 0.421. The van der Waals surface area contributed by atoms with Crippen molar-refractivity contribution < 1.29 is 4.79 Å². The first-order chi connectivity index (χ1) is 11.8. The van der Waals surface area contributed by atoms with Gasteiger partial charge in [-0.05, 0) is 36.0 Å². The average Bonchev–Trinajstić information content (AvgIpc) is 3.20. The third-order valence-corrected chi connectivity index (χ3v) is 4.61. The molecule has 6 nitrogen and oxygen atoms in total. The molecule has 1 aromatic carbocycles. The van der Waals surface area contributed by atoms with Crippen molar-refractivity contribution >= 4 is 39.3 Å². The van der Waals surface area contributed by atoms with E-state index in [4.69, 9.17) is 0 Å². The molecule has 0 saturated carbocycles. The number of carbonyl (C=O) groups excluding carboxylic acids is 1. The molecule has 24 heavy (non-hydrogen) atoms. The molecular formula is C17H11N5OS. The fourth-order valence-electron chi connectivity index (χ4n) is 2.56. The molecule has 2 aromatic heterocycles. The van der Waals surface area contributed by atoms with Gasteiger partial charge >= 0.3 is 0 Å². The molecule has 116 valence electrons. The second kappa shape index (κ2) is 5.83. The van der Waals surface area contributed by atoms with Crippen LogP contribution in [0.4, 0.5) is 5.69 Å². The Morgan fingerprint density at radius 2 is 2.08 bits per heavy atom. The Morgan fingerprint density at radius 1 is 1.25 bits per heavy atom. The largest absolute Gasteiger partial charge is 0.336 e. The molecule has 0 radical (unpaired) electrons. The smallest absolute Gasteiger partial charge is 0.214 e. The summed E-state index contributed by atoms with van der Waals surface area (Å²) in [6, 6.07) is 15.4. The molecule has 0 spiro atoms. The second-order valence-corrected chi connectivity index (χ2v) is 6.19. The number of nitriles is 1. The quantitative estimate of drug-likeness (QED) is 0.726. The molecular weight excluding hydrogens is 322 g/mol. The molecule has 1 N–H and O–H groups in total. The van der Waals surface area contributed by atoms with Gasteiger partial charge in [0.2, 0.25) is 5.12 Å². The number of para-hydroxylation sites is 1. The number of fused-ring (bicyclic) bond motifs is 1. The van der Waals surface area contributed by atoms with Crippen molar-refractivity contribution in [2.45, 2.75) is 0 Å². The van der Waals surface area contributed by atoms with Gasteiger partial charge in [-0.3, -0.25) is 4.79 Å². The van der Waals surface area contributed by atoms with Crippen LogP contribution in [0.1, 0.15) is 5.82 Å². The Morgan fingerprint density at radius 3 is 2.83 bits per heavy atom. The first kappa shape index (κ1) is 14.5. The van der Waals surface area contributed by atoms with Crippen LogP contribution in [0.2, 0.25) is 0 Å². The lowest BCUT2D eigenvalue weighted by molar-refractivity contribution is -0.109. The molecule has 7 heteroatoms. The van der Waals surface area contributed by atoms with E-state index in [0.717, 1.165) is 23.0 Å². The predicted molar refractivity (Wildman–Crippen MR) is 92.8 cm³/mol. The molecule has 1 aliphatic heterocycles. The predicted octanol–water partition coefficient (Wildman–Crippen LogP) is 2.93. The van der Waals surface area contributed by atoms with Crippen LogP contribution in [0.3, 0.4) is 0 Å². The van der Waals surface area contributed by atoms with Crippen LogP contribution in [0.15, 0.2) is 53.7 Å². The molecule has 4 rings (SSSR count). The van der Waals surface area contributed by atoms with Crippen molar-refractivity contribution in [1.29, 1.82) is 5.26 Å². The number of nitrogens with one attached hydrogen (secondary N) is 1. The Balaban J connectivity index is 1.87. The topological polar surface area (TPSA) is 85.7 Å². The molecule has 0 bridgehead atoms. The van der Waals surface area contributed by atoms with Gasteiger partial charge in [0.05, 0.1) is 12.1 Å². The highest BCUT2D eigenvalue weighted by molar-refractivity contribution is 8.17. The van der Waals surface area contributed by atoms with Gasteiger partial charge in [-0.1, -0.05) is 18.2 Å². The molecule has 0 atom stereocenters. The van der Waals surface area contributed by atoms with Crippen molar-refractivity contribution in [3.8, 4) is 6.07 Å². The van der Waals surface area contributed by atoms with E-state index in [1.807, 2.05) is 41.3 Å². The lowest BCUT2D eigenvalue weighted by Gasteiger charge is -2.18. The highest BCUT2D eigenvalue weighted by atomic mass is 32.2. The lowest BCUT2D eigenvalue weighted by Crippen LogP contribution is -2.19. The maximum Gasteiger partial charge on any atom is 0.214 e. The normalized spacial score (nSPS) is 16.5. The van der Waals surface area contributed by atoms with E-state index in [0.29, 0.717) is 22.1 Å². The highest BCUT2D eigenvalue weighted by Crippen LogP contribution is 2.38. The third kappa shape index (κ3) is 2.43. The summed E-state index contributed by atoms with van der Waals surface area (Å²) in [5.41, 5.74) is 2.50. The minimum absolute atomic E-state index is 0.00385. The second-order valence-electron chi connectivity index (χ2n) is 5.15. The Bertz CT molecular complexity index is 969. The van der Waals surface area contributed by atoms with Crippen LogP contribution in [-0.4, -0.2) is 26.6 Å². The Hall–Kier alpha value is -3.11. The number of aromatic amines is 1. The fraction of sp³-hybridized carbons (Fsp3) is 0.0588. The molecule has 1 saturated heterocycles. The van der Waals surface area contributed by atoms with Crippen molar-refractivity contribution in [3.63, 3.8) is 0 Å². The van der Waals surface area contributed by atoms with Gasteiger partial charge in [0.15, 0.2) is 11.5 Å². The summed E-state index contributed by atoms with van der Waals surface area (Å²) >= 11 is 1.07. The minimum Gasteiger partial charge on any atom is -0.336 e. The van der Waals surface area contributed by atoms with Gasteiger partial charge in [0, 0.05) is 11.9 Å². The van der Waals surface area contributed by atoms with Crippen LogP contribution < -0.4 is 4.90 Å². The van der Waals surface area contributed by atoms with Crippen molar-refractivity contribution in [2.75, 3.05) is 11.4 Å². The van der Waals surface area contributed by atoms with Crippen molar-refractivity contribution in [2.24, 2.45) is 0 Å². The molecule has 0 aliphatic carbocycles. The maximum absolute atomic E-state index is 12.0. The molecule has 1 fully saturated rings. The minimum atomic E-state index is -0.00385. The monoisotopic (exact) mass is 333 g/mol. The van der Waals surface area contributed by atoms with E-state index in [1.54, 1.807) is 12.3 Å². The number of hydrogen-bond donors (Lipinski definition) is 1. The van der Waals surface area contributed by atoms with Crippen molar-refractivity contribution in [1.82, 2.24) is 15.0 Å². The van der Waals surface area contributed by atoms with Gasteiger partial charge in [-0.2, -0.15) is 5.26 Å². The number of H-pyrrole nitrogens is 1. The first-order valence-electron chi connectivity index (χ1n) is 7.25. The summed E-state index contributed by atoms with van der Waals surface area (Å²) < 4.78 is 0. The molecule has 3 aromatic rings. The van der Waals surface area contributed by atoms with Crippen LogP contribution in [0.25, 0.3) is 16.7 Å². The van der Waals surface area contributed by atoms with E-state index in [1.165, 1.54) is 0 Å². The van der Waals surface area contributed by atoms with E-state index < -0.39 is 0 Å². The third-order valence-electron chi connectivity index (χ3n) is 3.63. The summed E-state index contributed by atoms with van der Waals surface area (Å²) in [4.78, 5) is 25.5. The average molecular weight is 333 g/mol. The molecule has 3 heterocycles. The SMILES string of the molecule is N#CC(=C1SC(=O)CN1c1ccccc1)c1nc2ncccc2[nH]1. The van der Waals surface area contributed by atoms with Crippen LogP contribution in [-0.2, 0) is 4.79 Å². The zero-order valence-corrected chi connectivity index (χ0v) is 13.2. The maximum atomic E-state index is 12.0. The van der Waals surface area contributed by atoms with Crippen LogP contribution in [0.5, 0.6) is 0 Å². The number of benzene rings is 1. The van der Waals surface area contributed by atoms with Gasteiger partial charge in [0.25, 0.3) is 0 Å². The summed E-state index contributed by atoms with van der Waals surface area (Å²) in [7, 11) is 0. The van der Waals surface area contributed by atoms with Crippen LogP contribution >= 0.6 is 11.8 Å². The van der Waals surface area contributed by atoms with E-state index in [9.17, 15) is 10.1 Å². The molecule has 0 unspecified atom stereocenters. The number of allylic oxidation sites excluding steroid dienone is 1. The number of thioether (sulfide) groups is 1. The van der Waals surface area contributed by atoms with Crippen LogP contribution in [0, 0.1) is 11.3 Å². The van der Waals surface area contributed by atoms with Gasteiger partial charge < -0.3 is 9.88 Å². The number of nitrogens with zero attached hydrogens (tertiary/aromatic N) is 4. The Labute approximate surface area is 141 Å².